The highest BCUT2D eigenvalue weighted by atomic mass is 31.2. The van der Waals surface area contributed by atoms with Crippen molar-refractivity contribution in [3.8, 4) is 0 Å². The van der Waals surface area contributed by atoms with Crippen LogP contribution in [0.5, 0.6) is 0 Å². The fourth-order valence-electron chi connectivity index (χ4n) is 2.50. The predicted octanol–water partition coefficient (Wildman–Crippen LogP) is 3.19. The zero-order valence-corrected chi connectivity index (χ0v) is 14.1. The van der Waals surface area contributed by atoms with E-state index < -0.39 is 7.82 Å². The number of likely N-dealkylation sites (N-methyl/N-ethyl adjacent to an activating group) is 1. The molecule has 0 aromatic heterocycles. The van der Waals surface area contributed by atoms with Crippen LogP contribution in [0.15, 0.2) is 0 Å². The summed E-state index contributed by atoms with van der Waals surface area (Å²) in [6, 6.07) is 0. The van der Waals surface area contributed by atoms with Crippen molar-refractivity contribution in [2.75, 3.05) is 40.9 Å². The molecule has 0 saturated heterocycles. The van der Waals surface area contributed by atoms with Gasteiger partial charge in [-0.2, -0.15) is 0 Å². The van der Waals surface area contributed by atoms with Gasteiger partial charge in [0, 0.05) is 0 Å². The van der Waals surface area contributed by atoms with E-state index in [2.05, 4.69) is 0 Å². The first-order valence-electron chi connectivity index (χ1n) is 7.71. The Morgan fingerprint density at radius 2 is 1.70 bits per heavy atom. The highest BCUT2D eigenvalue weighted by Crippen LogP contribution is 2.43. The zero-order valence-electron chi connectivity index (χ0n) is 13.2. The van der Waals surface area contributed by atoms with Crippen LogP contribution in [0.2, 0.25) is 0 Å². The first-order chi connectivity index (χ1) is 9.29. The molecule has 20 heavy (non-hydrogen) atoms. The van der Waals surface area contributed by atoms with Crippen LogP contribution < -0.4 is 0 Å². The summed E-state index contributed by atoms with van der Waals surface area (Å²) in [5.74, 6) is 0.782. The quantitative estimate of drug-likeness (QED) is 0.404. The Morgan fingerprint density at radius 1 is 1.10 bits per heavy atom. The van der Waals surface area contributed by atoms with Gasteiger partial charge in [-0.25, -0.2) is 4.57 Å². The number of hydrogen-bond acceptors (Lipinski definition) is 3. The maximum Gasteiger partial charge on any atom is 0.472 e. The molecule has 1 saturated carbocycles. The molecule has 5 nitrogen and oxygen atoms in total. The lowest BCUT2D eigenvalue weighted by Gasteiger charge is -2.24. The van der Waals surface area contributed by atoms with E-state index in [0.717, 1.165) is 18.8 Å². The van der Waals surface area contributed by atoms with Gasteiger partial charge < -0.3 is 9.38 Å². The van der Waals surface area contributed by atoms with Gasteiger partial charge in [-0.05, 0) is 18.8 Å². The van der Waals surface area contributed by atoms with Crippen LogP contribution in [-0.4, -0.2) is 50.3 Å². The molecule has 6 heteroatoms. The second kappa shape index (κ2) is 8.50. The van der Waals surface area contributed by atoms with Crippen LogP contribution in [0.1, 0.15) is 44.9 Å². The van der Waals surface area contributed by atoms with Crippen LogP contribution in [0.3, 0.4) is 0 Å². The molecule has 1 fully saturated rings. The van der Waals surface area contributed by atoms with E-state index in [9.17, 15) is 9.46 Å². The van der Waals surface area contributed by atoms with Crippen molar-refractivity contribution in [3.63, 3.8) is 0 Å². The lowest BCUT2D eigenvalue weighted by atomic mass is 9.86. The smallest absolute Gasteiger partial charge is 0.329 e. The second-order valence-electron chi connectivity index (χ2n) is 6.80. The predicted molar refractivity (Wildman–Crippen MR) is 80.4 cm³/mol. The lowest BCUT2D eigenvalue weighted by molar-refractivity contribution is -0.870. The highest BCUT2D eigenvalue weighted by Gasteiger charge is 2.22. The number of quaternary nitrogens is 1. The van der Waals surface area contributed by atoms with E-state index in [0.29, 0.717) is 17.6 Å². The summed E-state index contributed by atoms with van der Waals surface area (Å²) in [6.45, 7) is 1.23. The Morgan fingerprint density at radius 3 is 2.30 bits per heavy atom. The molecule has 0 aromatic carbocycles. The van der Waals surface area contributed by atoms with E-state index in [4.69, 9.17) is 9.05 Å². The Balaban J connectivity index is 2.08. The lowest BCUT2D eigenvalue weighted by Crippen LogP contribution is -2.37. The van der Waals surface area contributed by atoms with Gasteiger partial charge in [0.2, 0.25) is 0 Å². The first kappa shape index (κ1) is 18.1. The zero-order chi connectivity index (χ0) is 15.1. The minimum Gasteiger partial charge on any atom is -0.329 e. The average Bonchev–Trinajstić information content (AvgIpc) is 2.34. The van der Waals surface area contributed by atoms with Gasteiger partial charge in [-0.3, -0.25) is 9.05 Å². The molecular formula is C14H31NO4P+. The van der Waals surface area contributed by atoms with Gasteiger partial charge >= 0.3 is 7.82 Å². The molecular weight excluding hydrogens is 277 g/mol. The minimum absolute atomic E-state index is 0.236. The van der Waals surface area contributed by atoms with E-state index >= 15 is 0 Å². The molecule has 0 radical (unpaired) electrons. The summed E-state index contributed by atoms with van der Waals surface area (Å²) in [7, 11) is 2.17. The molecule has 0 aromatic rings. The molecule has 1 atom stereocenters. The van der Waals surface area contributed by atoms with E-state index in [1.807, 2.05) is 21.1 Å². The summed E-state index contributed by atoms with van der Waals surface area (Å²) < 4.78 is 22.3. The molecule has 0 spiro atoms. The standard InChI is InChI=1S/C14H30NO4P/c1-15(2,3)11-13-19-20(16,17)18-12-7-10-14-8-5-4-6-9-14/h14H,4-13H2,1-3H3/p+1. The normalized spacial score (nSPS) is 20.8. The van der Waals surface area contributed by atoms with Crippen LogP contribution in [-0.2, 0) is 13.6 Å². The molecule has 1 N–H and O–H groups in total. The minimum atomic E-state index is -3.86. The molecule has 0 aliphatic heterocycles. The Hall–Kier alpha value is 0.0700. The van der Waals surface area contributed by atoms with Crippen molar-refractivity contribution < 1.29 is 23.0 Å². The molecule has 0 amide bonds. The van der Waals surface area contributed by atoms with E-state index in [-0.39, 0.29) is 6.61 Å². The van der Waals surface area contributed by atoms with Gasteiger partial charge in [0.05, 0.1) is 27.7 Å². The van der Waals surface area contributed by atoms with E-state index in [1.54, 1.807) is 0 Å². The molecule has 1 aliphatic carbocycles. The summed E-state index contributed by atoms with van der Waals surface area (Å²) in [6.07, 6.45) is 8.57. The monoisotopic (exact) mass is 308 g/mol. The van der Waals surface area contributed by atoms with Crippen LogP contribution in [0.4, 0.5) is 0 Å². The fraction of sp³-hybridized carbons (Fsp3) is 1.00. The fourth-order valence-corrected chi connectivity index (χ4v) is 3.24. The van der Waals surface area contributed by atoms with Gasteiger partial charge in [0.25, 0.3) is 0 Å². The number of phosphoric ester groups is 1. The van der Waals surface area contributed by atoms with Crippen LogP contribution in [0, 0.1) is 5.92 Å². The summed E-state index contributed by atoms with van der Waals surface area (Å²) in [5.41, 5.74) is 0. The van der Waals surface area contributed by atoms with Gasteiger partial charge in [0.15, 0.2) is 0 Å². The topological polar surface area (TPSA) is 55.8 Å². The van der Waals surface area contributed by atoms with Crippen molar-refractivity contribution in [2.45, 2.75) is 44.9 Å². The third-order valence-electron chi connectivity index (χ3n) is 3.75. The second-order valence-corrected chi connectivity index (χ2v) is 8.25. The molecule has 120 valence electrons. The summed E-state index contributed by atoms with van der Waals surface area (Å²) in [4.78, 5) is 9.55. The Labute approximate surface area is 123 Å². The van der Waals surface area contributed by atoms with E-state index in [1.165, 1.54) is 32.1 Å². The number of nitrogens with zero attached hydrogens (tertiary/aromatic N) is 1. The third kappa shape index (κ3) is 9.09. The Kier molecular flexibility index (Phi) is 7.70. The van der Waals surface area contributed by atoms with Crippen LogP contribution >= 0.6 is 7.82 Å². The number of phosphoric acid groups is 1. The van der Waals surface area contributed by atoms with Crippen molar-refractivity contribution in [3.05, 3.63) is 0 Å². The molecule has 0 bridgehead atoms. The first-order valence-corrected chi connectivity index (χ1v) is 9.20. The number of hydrogen-bond donors (Lipinski definition) is 1. The van der Waals surface area contributed by atoms with Crippen molar-refractivity contribution in [1.29, 1.82) is 0 Å². The molecule has 1 unspecified atom stereocenters. The van der Waals surface area contributed by atoms with Crippen LogP contribution in [0.25, 0.3) is 0 Å². The van der Waals surface area contributed by atoms with Crippen molar-refractivity contribution in [2.24, 2.45) is 5.92 Å². The highest BCUT2D eigenvalue weighted by molar-refractivity contribution is 7.47. The van der Waals surface area contributed by atoms with Crippen molar-refractivity contribution >= 4 is 7.82 Å². The maximum absolute atomic E-state index is 11.7. The van der Waals surface area contributed by atoms with Crippen molar-refractivity contribution in [1.82, 2.24) is 0 Å². The molecule has 0 heterocycles. The molecule has 1 aliphatic rings. The number of rotatable bonds is 9. The average molecular weight is 308 g/mol. The third-order valence-corrected chi connectivity index (χ3v) is 4.77. The SMILES string of the molecule is C[N+](C)(C)CCOP(=O)(O)OCCCC1CCCCC1. The largest absolute Gasteiger partial charge is 0.472 e. The van der Waals surface area contributed by atoms with Gasteiger partial charge in [-0.1, -0.05) is 32.1 Å². The molecule has 1 rings (SSSR count). The maximum atomic E-state index is 11.7. The summed E-state index contributed by atoms with van der Waals surface area (Å²) in [5, 5.41) is 0. The van der Waals surface area contributed by atoms with Gasteiger partial charge in [-0.15, -0.1) is 0 Å². The Bertz CT molecular complexity index is 311. The van der Waals surface area contributed by atoms with Gasteiger partial charge in [0.1, 0.15) is 13.2 Å². The summed E-state index contributed by atoms with van der Waals surface area (Å²) >= 11 is 0.